The van der Waals surface area contributed by atoms with E-state index in [0.29, 0.717) is 45.7 Å². The van der Waals surface area contributed by atoms with Gasteiger partial charge >= 0.3 is 12.0 Å². The Morgan fingerprint density at radius 1 is 1.14 bits per heavy atom. The van der Waals surface area contributed by atoms with Crippen LogP contribution in [-0.2, 0) is 16.1 Å². The number of urea groups is 1. The van der Waals surface area contributed by atoms with Crippen LogP contribution in [0.1, 0.15) is 30.5 Å². The van der Waals surface area contributed by atoms with Crippen molar-refractivity contribution in [3.63, 3.8) is 0 Å². The van der Waals surface area contributed by atoms with E-state index in [1.165, 1.54) is 7.11 Å². The molecule has 8 heteroatoms. The van der Waals surface area contributed by atoms with Crippen molar-refractivity contribution in [2.24, 2.45) is 0 Å². The first-order valence-corrected chi connectivity index (χ1v) is 9.74. The number of carbonyl (C=O) groups excluding carboxylic acids is 2. The molecule has 0 bridgehead atoms. The summed E-state index contributed by atoms with van der Waals surface area (Å²) in [5, 5.41) is 6.39. The molecule has 0 fully saturated rings. The average Bonchev–Trinajstić information content (AvgIpc) is 2.73. The molecule has 1 atom stereocenters. The van der Waals surface area contributed by atoms with Gasteiger partial charge in [-0.15, -0.1) is 0 Å². The monoisotopic (exact) mass is 434 g/mol. The van der Waals surface area contributed by atoms with Gasteiger partial charge in [0.1, 0.15) is 12.4 Å². The van der Waals surface area contributed by atoms with E-state index in [4.69, 9.17) is 32.7 Å². The van der Waals surface area contributed by atoms with Crippen molar-refractivity contribution >= 4 is 35.2 Å². The summed E-state index contributed by atoms with van der Waals surface area (Å²) in [6.45, 7) is 2.15. The second-order valence-corrected chi connectivity index (χ2v) is 7.19. The van der Waals surface area contributed by atoms with Gasteiger partial charge in [-0.2, -0.15) is 0 Å². The molecule has 3 rings (SSSR count). The summed E-state index contributed by atoms with van der Waals surface area (Å²) in [6, 6.07) is 11.5. The maximum atomic E-state index is 12.4. The molecule has 0 aliphatic carbocycles. The summed E-state index contributed by atoms with van der Waals surface area (Å²) in [7, 11) is 1.31. The summed E-state index contributed by atoms with van der Waals surface area (Å²) in [6.07, 6.45) is 0.488. The van der Waals surface area contributed by atoms with Crippen LogP contribution in [0, 0.1) is 0 Å². The Kier molecular flexibility index (Phi) is 6.67. The van der Waals surface area contributed by atoms with Gasteiger partial charge in [-0.05, 0) is 41.8 Å². The molecule has 0 saturated carbocycles. The van der Waals surface area contributed by atoms with Crippen LogP contribution in [0.2, 0.25) is 10.0 Å². The molecule has 0 saturated heterocycles. The molecule has 2 aromatic rings. The Morgan fingerprint density at radius 2 is 1.93 bits per heavy atom. The minimum atomic E-state index is -0.639. The topological polar surface area (TPSA) is 76.7 Å². The predicted octanol–water partition coefficient (Wildman–Crippen LogP) is 4.76. The molecule has 1 aliphatic rings. The molecule has 1 heterocycles. The van der Waals surface area contributed by atoms with Crippen LogP contribution in [0.5, 0.6) is 5.75 Å². The van der Waals surface area contributed by atoms with Crippen molar-refractivity contribution in [3.8, 4) is 5.75 Å². The lowest BCUT2D eigenvalue weighted by molar-refractivity contribution is -0.136. The van der Waals surface area contributed by atoms with E-state index in [1.54, 1.807) is 30.3 Å². The van der Waals surface area contributed by atoms with Crippen LogP contribution < -0.4 is 15.4 Å². The van der Waals surface area contributed by atoms with Gasteiger partial charge < -0.3 is 20.1 Å². The molecular weight excluding hydrogens is 415 g/mol. The third-order valence-electron chi connectivity index (χ3n) is 4.49. The number of hydrogen-bond donors (Lipinski definition) is 2. The van der Waals surface area contributed by atoms with Gasteiger partial charge in [-0.1, -0.05) is 48.3 Å². The first kappa shape index (κ1) is 21.0. The van der Waals surface area contributed by atoms with E-state index in [2.05, 4.69) is 10.6 Å². The molecule has 152 valence electrons. The number of methoxy groups -OCH3 is 1. The Hall–Kier alpha value is -2.70. The lowest BCUT2D eigenvalue weighted by Crippen LogP contribution is -2.45. The van der Waals surface area contributed by atoms with Crippen molar-refractivity contribution in [2.75, 3.05) is 7.11 Å². The quantitative estimate of drug-likeness (QED) is 0.642. The zero-order valence-corrected chi connectivity index (χ0v) is 17.4. The number of amides is 2. The van der Waals surface area contributed by atoms with E-state index < -0.39 is 12.0 Å². The minimum Gasteiger partial charge on any atom is -0.489 e. The number of halogens is 2. The molecule has 29 heavy (non-hydrogen) atoms. The van der Waals surface area contributed by atoms with Crippen molar-refractivity contribution in [3.05, 3.63) is 74.9 Å². The van der Waals surface area contributed by atoms with Gasteiger partial charge in [0.2, 0.25) is 0 Å². The number of hydrogen-bond acceptors (Lipinski definition) is 4. The van der Waals surface area contributed by atoms with Gasteiger partial charge in [0.25, 0.3) is 0 Å². The van der Waals surface area contributed by atoms with Crippen LogP contribution in [-0.4, -0.2) is 19.1 Å². The van der Waals surface area contributed by atoms with Gasteiger partial charge in [-0.25, -0.2) is 9.59 Å². The van der Waals surface area contributed by atoms with Crippen LogP contribution >= 0.6 is 23.2 Å². The smallest absolute Gasteiger partial charge is 0.337 e. The summed E-state index contributed by atoms with van der Waals surface area (Å²) in [5.74, 6) is 0.0881. The SMILES string of the molecule is CCC1=C(C(=O)OC)C(c2cccc(OCc3ccc(Cl)c(Cl)c3)c2)NC(=O)N1. The van der Waals surface area contributed by atoms with Crippen molar-refractivity contribution in [2.45, 2.75) is 26.0 Å². The highest BCUT2D eigenvalue weighted by Crippen LogP contribution is 2.31. The fourth-order valence-electron chi connectivity index (χ4n) is 3.08. The molecular formula is C21H20Cl2N2O4. The number of allylic oxidation sites excluding steroid dienone is 1. The van der Waals surface area contributed by atoms with Crippen molar-refractivity contribution in [1.29, 1.82) is 0 Å². The average molecular weight is 435 g/mol. The van der Waals surface area contributed by atoms with E-state index in [1.807, 2.05) is 19.1 Å². The fourth-order valence-corrected chi connectivity index (χ4v) is 3.40. The molecule has 0 spiro atoms. The van der Waals surface area contributed by atoms with Crippen molar-refractivity contribution < 1.29 is 19.1 Å². The lowest BCUT2D eigenvalue weighted by Gasteiger charge is -2.29. The van der Waals surface area contributed by atoms with Crippen LogP contribution in [0.15, 0.2) is 53.7 Å². The van der Waals surface area contributed by atoms with Crippen LogP contribution in [0.4, 0.5) is 4.79 Å². The summed E-state index contributed by atoms with van der Waals surface area (Å²) < 4.78 is 10.8. The molecule has 0 radical (unpaired) electrons. The zero-order valence-electron chi connectivity index (χ0n) is 15.9. The molecule has 1 aliphatic heterocycles. The van der Waals surface area contributed by atoms with Crippen molar-refractivity contribution in [1.82, 2.24) is 10.6 Å². The summed E-state index contributed by atoms with van der Waals surface area (Å²) in [4.78, 5) is 24.4. The predicted molar refractivity (Wildman–Crippen MR) is 111 cm³/mol. The third-order valence-corrected chi connectivity index (χ3v) is 5.23. The number of esters is 1. The molecule has 2 N–H and O–H groups in total. The highest BCUT2D eigenvalue weighted by atomic mass is 35.5. The van der Waals surface area contributed by atoms with E-state index in [9.17, 15) is 9.59 Å². The Morgan fingerprint density at radius 3 is 2.62 bits per heavy atom. The summed E-state index contributed by atoms with van der Waals surface area (Å²) in [5.41, 5.74) is 2.48. The van der Waals surface area contributed by atoms with Gasteiger partial charge in [0.05, 0.1) is 28.8 Å². The van der Waals surface area contributed by atoms with Gasteiger partial charge in [0, 0.05) is 5.70 Å². The highest BCUT2D eigenvalue weighted by Gasteiger charge is 2.32. The maximum Gasteiger partial charge on any atom is 0.337 e. The normalized spacial score (nSPS) is 16.1. The Bertz CT molecular complexity index is 975. The maximum absolute atomic E-state index is 12.4. The molecule has 1 unspecified atom stereocenters. The molecule has 2 amide bonds. The van der Waals surface area contributed by atoms with Crippen LogP contribution in [0.25, 0.3) is 0 Å². The van der Waals surface area contributed by atoms with Gasteiger partial charge in [0.15, 0.2) is 0 Å². The Labute approximate surface area is 178 Å². The zero-order chi connectivity index (χ0) is 21.0. The number of nitrogens with one attached hydrogen (secondary N) is 2. The van der Waals surface area contributed by atoms with E-state index in [-0.39, 0.29) is 6.03 Å². The number of ether oxygens (including phenoxy) is 2. The summed E-state index contributed by atoms with van der Waals surface area (Å²) >= 11 is 12.0. The second-order valence-electron chi connectivity index (χ2n) is 6.38. The third kappa shape index (κ3) is 4.83. The number of rotatable bonds is 6. The van der Waals surface area contributed by atoms with E-state index in [0.717, 1.165) is 5.56 Å². The van der Waals surface area contributed by atoms with Crippen LogP contribution in [0.3, 0.4) is 0 Å². The molecule has 6 nitrogen and oxygen atoms in total. The number of carbonyl (C=O) groups is 2. The second kappa shape index (κ2) is 9.20. The fraction of sp³-hybridized carbons (Fsp3) is 0.238. The Balaban J connectivity index is 1.86. The molecule has 0 aromatic heterocycles. The largest absolute Gasteiger partial charge is 0.489 e. The minimum absolute atomic E-state index is 0.291. The number of benzene rings is 2. The van der Waals surface area contributed by atoms with Gasteiger partial charge in [-0.3, -0.25) is 0 Å². The first-order valence-electron chi connectivity index (χ1n) is 8.98. The molecule has 2 aromatic carbocycles. The lowest BCUT2D eigenvalue weighted by atomic mass is 9.94. The standard InChI is InChI=1S/C21H20Cl2N2O4/c1-3-17-18(20(26)28-2)19(25-21(27)24-17)13-5-4-6-14(10-13)29-11-12-7-8-15(22)16(23)9-12/h4-10,19H,3,11H2,1-2H3,(H2,24,25,27). The highest BCUT2D eigenvalue weighted by molar-refractivity contribution is 6.42. The first-order chi connectivity index (χ1) is 13.9. The van der Waals surface area contributed by atoms with E-state index >= 15 is 0 Å².